The van der Waals surface area contributed by atoms with Gasteiger partial charge < -0.3 is 9.47 Å². The highest BCUT2D eigenvalue weighted by atomic mass is 35.5. The Morgan fingerprint density at radius 1 is 1.36 bits per heavy atom. The average Bonchev–Trinajstić information content (AvgIpc) is 2.16. The van der Waals surface area contributed by atoms with Crippen LogP contribution in [0.4, 0.5) is 0 Å². The monoisotopic (exact) mass is 214 g/mol. The minimum absolute atomic E-state index is 0.405. The van der Waals surface area contributed by atoms with Crippen LogP contribution in [0.15, 0.2) is 12.1 Å². The highest BCUT2D eigenvalue weighted by molar-refractivity contribution is 6.32. The van der Waals surface area contributed by atoms with E-state index in [4.69, 9.17) is 16.3 Å². The van der Waals surface area contributed by atoms with Crippen molar-refractivity contribution >= 4 is 17.6 Å². The first kappa shape index (κ1) is 10.9. The Kier molecular flexibility index (Phi) is 3.36. The van der Waals surface area contributed by atoms with E-state index in [1.165, 1.54) is 20.3 Å². The van der Waals surface area contributed by atoms with Gasteiger partial charge in [-0.15, -0.1) is 0 Å². The number of ether oxygens (including phenoxy) is 2. The van der Waals surface area contributed by atoms with Crippen molar-refractivity contribution in [2.24, 2.45) is 0 Å². The number of esters is 1. The molecule has 0 unspecified atom stereocenters. The van der Waals surface area contributed by atoms with E-state index < -0.39 is 5.97 Å². The predicted molar refractivity (Wildman–Crippen MR) is 54.1 cm³/mol. The summed E-state index contributed by atoms with van der Waals surface area (Å²) in [5.74, 6) is 0.178. The SMILES string of the molecule is COC(=O)c1cc(C)c(OC)c(Cl)c1. The topological polar surface area (TPSA) is 35.5 Å². The maximum atomic E-state index is 11.2. The first-order valence-corrected chi connectivity index (χ1v) is 4.40. The number of rotatable bonds is 2. The van der Waals surface area contributed by atoms with Crippen LogP contribution in [0.3, 0.4) is 0 Å². The zero-order valence-electron chi connectivity index (χ0n) is 8.26. The molecule has 0 aliphatic rings. The molecular weight excluding hydrogens is 204 g/mol. The zero-order chi connectivity index (χ0) is 10.7. The maximum absolute atomic E-state index is 11.2. The Morgan fingerprint density at radius 2 is 2.00 bits per heavy atom. The number of carbonyl (C=O) groups excluding carboxylic acids is 1. The number of methoxy groups -OCH3 is 2. The first-order chi connectivity index (χ1) is 6.60. The van der Waals surface area contributed by atoms with Crippen molar-refractivity contribution in [2.75, 3.05) is 14.2 Å². The summed E-state index contributed by atoms with van der Waals surface area (Å²) in [5, 5.41) is 0.410. The van der Waals surface area contributed by atoms with Gasteiger partial charge in [0.05, 0.1) is 24.8 Å². The van der Waals surface area contributed by atoms with Crippen molar-refractivity contribution in [3.63, 3.8) is 0 Å². The maximum Gasteiger partial charge on any atom is 0.337 e. The normalized spacial score (nSPS) is 9.71. The van der Waals surface area contributed by atoms with Gasteiger partial charge in [0.25, 0.3) is 0 Å². The Bertz CT molecular complexity index is 337. The van der Waals surface area contributed by atoms with Crippen LogP contribution < -0.4 is 4.74 Å². The quantitative estimate of drug-likeness (QED) is 0.710. The van der Waals surface area contributed by atoms with Crippen molar-refractivity contribution in [1.29, 1.82) is 0 Å². The van der Waals surface area contributed by atoms with E-state index in [1.54, 1.807) is 6.07 Å². The number of aryl methyl sites for hydroxylation is 1. The molecule has 0 aromatic heterocycles. The summed E-state index contributed by atoms with van der Waals surface area (Å²) < 4.78 is 9.64. The van der Waals surface area contributed by atoms with Gasteiger partial charge in [-0.3, -0.25) is 0 Å². The van der Waals surface area contributed by atoms with Crippen LogP contribution in [0, 0.1) is 6.92 Å². The Morgan fingerprint density at radius 3 is 2.43 bits per heavy atom. The fourth-order valence-corrected chi connectivity index (χ4v) is 1.57. The standard InChI is InChI=1S/C10H11ClO3/c1-6-4-7(10(12)14-3)5-8(11)9(6)13-2/h4-5H,1-3H3. The van der Waals surface area contributed by atoms with E-state index in [9.17, 15) is 4.79 Å². The number of hydrogen-bond donors (Lipinski definition) is 0. The molecule has 0 radical (unpaired) electrons. The van der Waals surface area contributed by atoms with Crippen molar-refractivity contribution in [3.05, 3.63) is 28.3 Å². The third-order valence-corrected chi connectivity index (χ3v) is 2.14. The molecule has 1 rings (SSSR count). The lowest BCUT2D eigenvalue weighted by Crippen LogP contribution is -2.02. The molecule has 0 aliphatic heterocycles. The Balaban J connectivity index is 3.20. The van der Waals surface area contributed by atoms with Gasteiger partial charge in [-0.1, -0.05) is 11.6 Å². The highest BCUT2D eigenvalue weighted by Gasteiger charge is 2.11. The second-order valence-electron chi connectivity index (χ2n) is 2.80. The van der Waals surface area contributed by atoms with Gasteiger partial charge in [-0.05, 0) is 24.6 Å². The summed E-state index contributed by atoms with van der Waals surface area (Å²) >= 11 is 5.90. The Hall–Kier alpha value is -1.22. The second kappa shape index (κ2) is 4.33. The van der Waals surface area contributed by atoms with E-state index in [-0.39, 0.29) is 0 Å². The van der Waals surface area contributed by atoms with Gasteiger partial charge in [0.15, 0.2) is 0 Å². The molecule has 0 atom stereocenters. The van der Waals surface area contributed by atoms with Crippen molar-refractivity contribution < 1.29 is 14.3 Å². The van der Waals surface area contributed by atoms with Crippen molar-refractivity contribution in [1.82, 2.24) is 0 Å². The van der Waals surface area contributed by atoms with Crippen LogP contribution in [0.1, 0.15) is 15.9 Å². The largest absolute Gasteiger partial charge is 0.495 e. The molecule has 3 nitrogen and oxygen atoms in total. The highest BCUT2D eigenvalue weighted by Crippen LogP contribution is 2.29. The zero-order valence-corrected chi connectivity index (χ0v) is 9.01. The molecule has 0 N–H and O–H groups in total. The summed E-state index contributed by atoms with van der Waals surface area (Å²) in [6.07, 6.45) is 0. The molecule has 0 amide bonds. The van der Waals surface area contributed by atoms with E-state index in [0.717, 1.165) is 5.56 Å². The van der Waals surface area contributed by atoms with Gasteiger partial charge in [0.1, 0.15) is 5.75 Å². The number of benzene rings is 1. The lowest BCUT2D eigenvalue weighted by Gasteiger charge is -2.08. The summed E-state index contributed by atoms with van der Waals surface area (Å²) in [6, 6.07) is 3.20. The molecule has 0 heterocycles. The molecule has 0 spiro atoms. The van der Waals surface area contributed by atoms with E-state index in [0.29, 0.717) is 16.3 Å². The molecule has 0 aliphatic carbocycles. The van der Waals surface area contributed by atoms with Crippen molar-refractivity contribution in [2.45, 2.75) is 6.92 Å². The fourth-order valence-electron chi connectivity index (χ4n) is 1.23. The van der Waals surface area contributed by atoms with Crippen LogP contribution in [-0.4, -0.2) is 20.2 Å². The summed E-state index contributed by atoms with van der Waals surface area (Å²) in [7, 11) is 2.86. The Labute approximate surface area is 87.6 Å². The summed E-state index contributed by atoms with van der Waals surface area (Å²) in [5.41, 5.74) is 1.23. The lowest BCUT2D eigenvalue weighted by atomic mass is 10.1. The lowest BCUT2D eigenvalue weighted by molar-refractivity contribution is 0.0600. The van der Waals surface area contributed by atoms with Gasteiger partial charge in [0.2, 0.25) is 0 Å². The van der Waals surface area contributed by atoms with Gasteiger partial charge in [-0.2, -0.15) is 0 Å². The van der Waals surface area contributed by atoms with E-state index in [1.807, 2.05) is 6.92 Å². The van der Waals surface area contributed by atoms with Gasteiger partial charge in [0, 0.05) is 0 Å². The van der Waals surface area contributed by atoms with Gasteiger partial charge in [-0.25, -0.2) is 4.79 Å². The fraction of sp³-hybridized carbons (Fsp3) is 0.300. The molecule has 0 fully saturated rings. The molecule has 4 heteroatoms. The smallest absolute Gasteiger partial charge is 0.337 e. The number of carbonyl (C=O) groups is 1. The number of hydrogen-bond acceptors (Lipinski definition) is 3. The third-order valence-electron chi connectivity index (χ3n) is 1.85. The van der Waals surface area contributed by atoms with E-state index in [2.05, 4.69) is 4.74 Å². The van der Waals surface area contributed by atoms with Crippen molar-refractivity contribution in [3.8, 4) is 5.75 Å². The molecule has 0 saturated heterocycles. The van der Waals surface area contributed by atoms with E-state index >= 15 is 0 Å². The first-order valence-electron chi connectivity index (χ1n) is 4.02. The minimum Gasteiger partial charge on any atom is -0.495 e. The van der Waals surface area contributed by atoms with Crippen LogP contribution in [0.5, 0.6) is 5.75 Å². The van der Waals surface area contributed by atoms with Crippen LogP contribution in [0.25, 0.3) is 0 Å². The predicted octanol–water partition coefficient (Wildman–Crippen LogP) is 2.44. The molecule has 1 aromatic carbocycles. The second-order valence-corrected chi connectivity index (χ2v) is 3.21. The molecule has 14 heavy (non-hydrogen) atoms. The van der Waals surface area contributed by atoms with Crippen LogP contribution in [0.2, 0.25) is 5.02 Å². The number of halogens is 1. The molecule has 0 saturated carbocycles. The van der Waals surface area contributed by atoms with Gasteiger partial charge >= 0.3 is 5.97 Å². The summed E-state index contributed by atoms with van der Waals surface area (Å²) in [6.45, 7) is 1.82. The third kappa shape index (κ3) is 1.99. The average molecular weight is 215 g/mol. The molecule has 0 bridgehead atoms. The molecule has 1 aromatic rings. The summed E-state index contributed by atoms with van der Waals surface area (Å²) in [4.78, 5) is 11.2. The minimum atomic E-state index is -0.405. The van der Waals surface area contributed by atoms with Crippen LogP contribution >= 0.6 is 11.6 Å². The molecular formula is C10H11ClO3. The molecule has 76 valence electrons. The van der Waals surface area contributed by atoms with Crippen LogP contribution in [-0.2, 0) is 4.74 Å².